The summed E-state index contributed by atoms with van der Waals surface area (Å²) in [5, 5.41) is 19.8. The summed E-state index contributed by atoms with van der Waals surface area (Å²) in [5.41, 5.74) is -0.504. The molecular weight excluding hydrogens is 291 g/mol. The third kappa shape index (κ3) is 2.79. The number of hydrogen-bond acceptors (Lipinski definition) is 5. The van der Waals surface area contributed by atoms with E-state index in [1.54, 1.807) is 0 Å². The number of nitrogens with zero attached hydrogens (tertiary/aromatic N) is 2. The van der Waals surface area contributed by atoms with Crippen LogP contribution in [0.25, 0.3) is 0 Å². The maximum Gasteiger partial charge on any atom is 0.272 e. The first-order valence-electron chi connectivity index (χ1n) is 5.94. The van der Waals surface area contributed by atoms with E-state index in [4.69, 9.17) is 0 Å². The molecule has 1 aliphatic heterocycles. The fraction of sp³-hybridized carbons (Fsp3) is 0.455. The molecule has 0 aliphatic carbocycles. The molecule has 0 atom stereocenters. The number of benzene rings is 1. The number of aliphatic hydroxyl groups is 1. The summed E-state index contributed by atoms with van der Waals surface area (Å²) in [6.45, 7) is 0.194. The van der Waals surface area contributed by atoms with E-state index >= 15 is 0 Å². The van der Waals surface area contributed by atoms with Gasteiger partial charge in [-0.25, -0.2) is 12.8 Å². The van der Waals surface area contributed by atoms with E-state index in [0.717, 1.165) is 16.4 Å². The highest BCUT2D eigenvalue weighted by molar-refractivity contribution is 7.89. The number of non-ortho nitro benzene ring substituents is 1. The van der Waals surface area contributed by atoms with Crippen molar-refractivity contribution in [3.8, 4) is 0 Å². The molecule has 110 valence electrons. The Morgan fingerprint density at radius 2 is 1.95 bits per heavy atom. The Hall–Kier alpha value is -1.58. The zero-order chi connectivity index (χ0) is 14.9. The lowest BCUT2D eigenvalue weighted by atomic mass is 10.1. The Morgan fingerprint density at radius 3 is 2.45 bits per heavy atom. The molecule has 1 saturated heterocycles. The molecule has 0 unspecified atom stereocenters. The number of hydrogen-bond donors (Lipinski definition) is 1. The topological polar surface area (TPSA) is 101 Å². The predicted molar refractivity (Wildman–Crippen MR) is 67.1 cm³/mol. The SMILES string of the molecule is O=[N+]([O-])c1ccc(S(=O)(=O)N2CCC(O)CC2)c(F)c1. The van der Waals surface area contributed by atoms with Crippen molar-refractivity contribution in [2.24, 2.45) is 0 Å². The second-order valence-electron chi connectivity index (χ2n) is 4.51. The summed E-state index contributed by atoms with van der Waals surface area (Å²) in [6, 6.07) is 2.44. The van der Waals surface area contributed by atoms with Gasteiger partial charge in [0.25, 0.3) is 5.69 Å². The Balaban J connectivity index is 2.32. The van der Waals surface area contributed by atoms with Crippen molar-refractivity contribution in [3.05, 3.63) is 34.1 Å². The third-order valence-corrected chi connectivity index (χ3v) is 5.10. The minimum Gasteiger partial charge on any atom is -0.393 e. The van der Waals surface area contributed by atoms with Crippen LogP contribution in [0, 0.1) is 15.9 Å². The van der Waals surface area contributed by atoms with Crippen molar-refractivity contribution in [2.45, 2.75) is 23.8 Å². The van der Waals surface area contributed by atoms with Gasteiger partial charge in [-0.05, 0) is 18.9 Å². The number of nitro benzene ring substituents is 1. The smallest absolute Gasteiger partial charge is 0.272 e. The molecule has 0 bridgehead atoms. The van der Waals surface area contributed by atoms with E-state index in [0.29, 0.717) is 6.07 Å². The van der Waals surface area contributed by atoms with Crippen LogP contribution in [0.5, 0.6) is 0 Å². The van der Waals surface area contributed by atoms with Crippen LogP contribution in [0.15, 0.2) is 23.1 Å². The second kappa shape index (κ2) is 5.43. The average Bonchev–Trinajstić information content (AvgIpc) is 2.38. The molecule has 2 rings (SSSR count). The molecule has 1 aromatic carbocycles. The lowest BCUT2D eigenvalue weighted by Crippen LogP contribution is -2.40. The minimum absolute atomic E-state index is 0.0972. The summed E-state index contributed by atoms with van der Waals surface area (Å²) in [7, 11) is -4.03. The van der Waals surface area contributed by atoms with Gasteiger partial charge >= 0.3 is 0 Å². The van der Waals surface area contributed by atoms with Crippen molar-refractivity contribution >= 4 is 15.7 Å². The van der Waals surface area contributed by atoms with E-state index in [1.165, 1.54) is 0 Å². The van der Waals surface area contributed by atoms with Crippen LogP contribution in [0.1, 0.15) is 12.8 Å². The number of piperidine rings is 1. The zero-order valence-corrected chi connectivity index (χ0v) is 11.2. The minimum atomic E-state index is -4.03. The van der Waals surface area contributed by atoms with E-state index in [1.807, 2.05) is 0 Å². The lowest BCUT2D eigenvalue weighted by Gasteiger charge is -2.28. The van der Waals surface area contributed by atoms with Crippen LogP contribution in [0.2, 0.25) is 0 Å². The fourth-order valence-electron chi connectivity index (χ4n) is 2.03. The Bertz CT molecular complexity index is 626. The van der Waals surface area contributed by atoms with Crippen molar-refractivity contribution in [2.75, 3.05) is 13.1 Å². The molecule has 0 spiro atoms. The molecule has 1 heterocycles. The highest BCUT2D eigenvalue weighted by atomic mass is 32.2. The molecule has 1 aromatic rings. The van der Waals surface area contributed by atoms with Crippen molar-refractivity contribution in [3.63, 3.8) is 0 Å². The summed E-state index contributed by atoms with van der Waals surface area (Å²) >= 11 is 0. The van der Waals surface area contributed by atoms with Gasteiger partial charge in [0.1, 0.15) is 10.7 Å². The molecule has 0 aromatic heterocycles. The Labute approximate surface area is 114 Å². The summed E-state index contributed by atoms with van der Waals surface area (Å²) in [4.78, 5) is 9.12. The first-order chi connectivity index (χ1) is 9.32. The van der Waals surface area contributed by atoms with E-state index in [9.17, 15) is 28.0 Å². The van der Waals surface area contributed by atoms with Gasteiger partial charge in [-0.1, -0.05) is 0 Å². The van der Waals surface area contributed by atoms with Crippen LogP contribution in [-0.4, -0.2) is 41.9 Å². The van der Waals surface area contributed by atoms with Crippen LogP contribution < -0.4 is 0 Å². The number of aliphatic hydroxyl groups excluding tert-OH is 1. The third-order valence-electron chi connectivity index (χ3n) is 3.17. The molecule has 7 nitrogen and oxygen atoms in total. The van der Waals surface area contributed by atoms with Crippen molar-refractivity contribution in [1.29, 1.82) is 0 Å². The zero-order valence-electron chi connectivity index (χ0n) is 10.4. The van der Waals surface area contributed by atoms with Crippen LogP contribution in [0.4, 0.5) is 10.1 Å². The number of halogens is 1. The van der Waals surface area contributed by atoms with Gasteiger partial charge in [-0.2, -0.15) is 4.31 Å². The standard InChI is InChI=1S/C11H13FN2O5S/c12-10-7-8(14(16)17)1-2-11(10)20(18,19)13-5-3-9(15)4-6-13/h1-2,7,9,15H,3-6H2. The molecule has 1 N–H and O–H groups in total. The highest BCUT2D eigenvalue weighted by Gasteiger charge is 2.31. The van der Waals surface area contributed by atoms with E-state index in [-0.39, 0.29) is 25.9 Å². The van der Waals surface area contributed by atoms with E-state index in [2.05, 4.69) is 0 Å². The first-order valence-corrected chi connectivity index (χ1v) is 7.38. The monoisotopic (exact) mass is 304 g/mol. The molecule has 0 saturated carbocycles. The molecular formula is C11H13FN2O5S. The predicted octanol–water partition coefficient (Wildman–Crippen LogP) is 0.879. The number of rotatable bonds is 3. The quantitative estimate of drug-likeness (QED) is 0.660. The van der Waals surface area contributed by atoms with Gasteiger partial charge in [0, 0.05) is 19.2 Å². The van der Waals surface area contributed by atoms with Crippen molar-refractivity contribution < 1.29 is 22.8 Å². The molecule has 0 radical (unpaired) electrons. The van der Waals surface area contributed by atoms with Gasteiger partial charge in [0.15, 0.2) is 0 Å². The number of sulfonamides is 1. The van der Waals surface area contributed by atoms with Crippen LogP contribution in [0.3, 0.4) is 0 Å². The summed E-state index contributed by atoms with van der Waals surface area (Å²) in [5.74, 6) is -1.15. The van der Waals surface area contributed by atoms with Crippen LogP contribution >= 0.6 is 0 Å². The molecule has 1 aliphatic rings. The second-order valence-corrected chi connectivity index (χ2v) is 6.41. The van der Waals surface area contributed by atoms with Crippen LogP contribution in [-0.2, 0) is 10.0 Å². The maximum absolute atomic E-state index is 13.8. The van der Waals surface area contributed by atoms with Gasteiger partial charge in [-0.15, -0.1) is 0 Å². The molecule has 9 heteroatoms. The van der Waals surface area contributed by atoms with Crippen molar-refractivity contribution in [1.82, 2.24) is 4.31 Å². The Kier molecular flexibility index (Phi) is 4.02. The fourth-order valence-corrected chi connectivity index (χ4v) is 3.55. The Morgan fingerprint density at radius 1 is 1.35 bits per heavy atom. The molecule has 1 fully saturated rings. The largest absolute Gasteiger partial charge is 0.393 e. The van der Waals surface area contributed by atoms with E-state index < -0.39 is 37.5 Å². The lowest BCUT2D eigenvalue weighted by molar-refractivity contribution is -0.385. The number of nitro groups is 1. The summed E-state index contributed by atoms with van der Waals surface area (Å²) in [6.07, 6.45) is 0.0185. The first kappa shape index (κ1) is 14.8. The van der Waals surface area contributed by atoms with Gasteiger partial charge in [-0.3, -0.25) is 10.1 Å². The maximum atomic E-state index is 13.8. The molecule has 0 amide bonds. The average molecular weight is 304 g/mol. The molecule has 20 heavy (non-hydrogen) atoms. The van der Waals surface area contributed by atoms with Gasteiger partial charge in [0.2, 0.25) is 10.0 Å². The van der Waals surface area contributed by atoms with Gasteiger partial charge in [0.05, 0.1) is 17.1 Å². The normalized spacial score (nSPS) is 18.1. The highest BCUT2D eigenvalue weighted by Crippen LogP contribution is 2.25. The van der Waals surface area contributed by atoms with Gasteiger partial charge < -0.3 is 5.11 Å². The summed E-state index contributed by atoms with van der Waals surface area (Å²) < 4.78 is 39.3.